The first-order chi connectivity index (χ1) is 11.0. The second kappa shape index (κ2) is 7.36. The Kier molecular flexibility index (Phi) is 5.26. The van der Waals surface area contributed by atoms with E-state index in [-0.39, 0.29) is 17.2 Å². The molecule has 0 atom stereocenters. The Balaban J connectivity index is 1.95. The van der Waals surface area contributed by atoms with E-state index in [0.29, 0.717) is 18.7 Å². The summed E-state index contributed by atoms with van der Waals surface area (Å²) in [6.45, 7) is 1.76. The highest BCUT2D eigenvalue weighted by Gasteiger charge is 2.10. The van der Waals surface area contributed by atoms with Crippen LogP contribution >= 0.6 is 0 Å². The molecule has 0 saturated carbocycles. The van der Waals surface area contributed by atoms with Crippen LogP contribution in [0.25, 0.3) is 0 Å². The van der Waals surface area contributed by atoms with E-state index in [1.807, 2.05) is 12.1 Å². The third-order valence-electron chi connectivity index (χ3n) is 3.16. The number of hydrogen-bond donors (Lipinski definition) is 2. The van der Waals surface area contributed by atoms with Gasteiger partial charge in [-0.3, -0.25) is 4.79 Å². The third kappa shape index (κ3) is 4.51. The maximum absolute atomic E-state index is 13.7. The summed E-state index contributed by atoms with van der Waals surface area (Å²) in [5.41, 5.74) is 1.36. The molecule has 0 aromatic heterocycles. The number of anilines is 2. The van der Waals surface area contributed by atoms with Crippen LogP contribution in [0.4, 0.5) is 20.2 Å². The topological polar surface area (TPSA) is 64.9 Å². The van der Waals surface area contributed by atoms with Gasteiger partial charge in [0.1, 0.15) is 5.69 Å². The average Bonchev–Trinajstić information content (AvgIpc) is 2.50. The lowest BCUT2D eigenvalue weighted by Crippen LogP contribution is -2.09. The zero-order valence-electron chi connectivity index (χ0n) is 12.5. The first kappa shape index (κ1) is 16.4. The standard InChI is InChI=1S/C17H15F2N3O/c1-11(23)22-14-4-2-12(3-5-14)6-7-21-17-15(18)8-13(10-20)9-16(17)19/h2-5,8-9,21H,6-7H2,1H3,(H,22,23). The average molecular weight is 315 g/mol. The lowest BCUT2D eigenvalue weighted by atomic mass is 10.1. The quantitative estimate of drug-likeness (QED) is 0.888. The van der Waals surface area contributed by atoms with E-state index in [9.17, 15) is 13.6 Å². The van der Waals surface area contributed by atoms with Crippen LogP contribution < -0.4 is 10.6 Å². The van der Waals surface area contributed by atoms with E-state index in [2.05, 4.69) is 10.6 Å². The SMILES string of the molecule is CC(=O)Nc1ccc(CCNc2c(F)cc(C#N)cc2F)cc1. The number of nitrogens with zero attached hydrogens (tertiary/aromatic N) is 1. The highest BCUT2D eigenvalue weighted by atomic mass is 19.1. The number of benzene rings is 2. The zero-order chi connectivity index (χ0) is 16.8. The molecule has 0 fully saturated rings. The molecular weight excluding hydrogens is 300 g/mol. The molecule has 4 nitrogen and oxygen atoms in total. The second-order valence-electron chi connectivity index (χ2n) is 4.98. The summed E-state index contributed by atoms with van der Waals surface area (Å²) >= 11 is 0. The monoisotopic (exact) mass is 315 g/mol. The first-order valence-electron chi connectivity index (χ1n) is 6.99. The number of carbonyl (C=O) groups excluding carboxylic acids is 1. The van der Waals surface area contributed by atoms with E-state index >= 15 is 0 Å². The summed E-state index contributed by atoms with van der Waals surface area (Å²) in [6, 6.07) is 10.9. The maximum Gasteiger partial charge on any atom is 0.221 e. The maximum atomic E-state index is 13.7. The fourth-order valence-electron chi connectivity index (χ4n) is 2.10. The summed E-state index contributed by atoms with van der Waals surface area (Å²) in [5.74, 6) is -1.73. The summed E-state index contributed by atoms with van der Waals surface area (Å²) in [4.78, 5) is 10.9. The predicted octanol–water partition coefficient (Wildman–Crippen LogP) is 3.45. The number of amides is 1. The molecule has 1 amide bonds. The van der Waals surface area contributed by atoms with Gasteiger partial charge >= 0.3 is 0 Å². The molecule has 6 heteroatoms. The van der Waals surface area contributed by atoms with Crippen molar-refractivity contribution in [2.45, 2.75) is 13.3 Å². The number of nitriles is 1. The van der Waals surface area contributed by atoms with Crippen LogP contribution in [0.2, 0.25) is 0 Å². The first-order valence-corrected chi connectivity index (χ1v) is 6.99. The Labute approximate surface area is 132 Å². The number of carbonyl (C=O) groups is 1. The smallest absolute Gasteiger partial charge is 0.221 e. The third-order valence-corrected chi connectivity index (χ3v) is 3.16. The van der Waals surface area contributed by atoms with Crippen molar-refractivity contribution in [3.8, 4) is 6.07 Å². The minimum absolute atomic E-state index is 0.0564. The highest BCUT2D eigenvalue weighted by molar-refractivity contribution is 5.88. The number of halogens is 2. The van der Waals surface area contributed by atoms with Gasteiger partial charge in [-0.15, -0.1) is 0 Å². The Morgan fingerprint density at radius 1 is 1.17 bits per heavy atom. The molecule has 118 valence electrons. The van der Waals surface area contributed by atoms with Crippen molar-refractivity contribution >= 4 is 17.3 Å². The largest absolute Gasteiger partial charge is 0.380 e. The molecule has 0 aliphatic carbocycles. The van der Waals surface area contributed by atoms with E-state index in [4.69, 9.17) is 5.26 Å². The molecular formula is C17H15F2N3O. The number of rotatable bonds is 5. The van der Waals surface area contributed by atoms with Gasteiger partial charge in [-0.25, -0.2) is 8.78 Å². The summed E-state index contributed by atoms with van der Waals surface area (Å²) < 4.78 is 27.4. The summed E-state index contributed by atoms with van der Waals surface area (Å²) in [6.07, 6.45) is 0.555. The van der Waals surface area contributed by atoms with Gasteiger partial charge in [0.15, 0.2) is 11.6 Å². The van der Waals surface area contributed by atoms with Crippen molar-refractivity contribution in [1.29, 1.82) is 5.26 Å². The molecule has 0 saturated heterocycles. The van der Waals surface area contributed by atoms with E-state index < -0.39 is 11.6 Å². The number of nitrogens with one attached hydrogen (secondary N) is 2. The van der Waals surface area contributed by atoms with Crippen LogP contribution in [0.3, 0.4) is 0 Å². The van der Waals surface area contributed by atoms with Crippen LogP contribution in [-0.4, -0.2) is 12.5 Å². The fourth-order valence-corrected chi connectivity index (χ4v) is 2.10. The van der Waals surface area contributed by atoms with Crippen LogP contribution in [0.1, 0.15) is 18.1 Å². The van der Waals surface area contributed by atoms with Gasteiger partial charge in [-0.2, -0.15) is 5.26 Å². The van der Waals surface area contributed by atoms with Crippen molar-refractivity contribution in [2.75, 3.05) is 17.2 Å². The van der Waals surface area contributed by atoms with Crippen LogP contribution in [-0.2, 0) is 11.2 Å². The minimum atomic E-state index is -0.789. The molecule has 23 heavy (non-hydrogen) atoms. The molecule has 0 aliphatic rings. The van der Waals surface area contributed by atoms with Crippen LogP contribution in [0.5, 0.6) is 0 Å². The minimum Gasteiger partial charge on any atom is -0.380 e. The van der Waals surface area contributed by atoms with Crippen LogP contribution in [0.15, 0.2) is 36.4 Å². The summed E-state index contributed by atoms with van der Waals surface area (Å²) in [5, 5.41) is 14.0. The molecule has 2 aromatic carbocycles. The van der Waals surface area contributed by atoms with Gasteiger partial charge < -0.3 is 10.6 Å². The molecule has 2 rings (SSSR count). The Morgan fingerprint density at radius 2 is 1.78 bits per heavy atom. The highest BCUT2D eigenvalue weighted by Crippen LogP contribution is 2.20. The molecule has 2 aromatic rings. The molecule has 0 unspecified atom stereocenters. The van der Waals surface area contributed by atoms with E-state index in [0.717, 1.165) is 17.7 Å². The lowest BCUT2D eigenvalue weighted by Gasteiger charge is -2.09. The van der Waals surface area contributed by atoms with Gasteiger partial charge in [0, 0.05) is 19.2 Å². The Bertz CT molecular complexity index is 728. The molecule has 0 aliphatic heterocycles. The van der Waals surface area contributed by atoms with Gasteiger partial charge in [0.05, 0.1) is 11.6 Å². The molecule has 2 N–H and O–H groups in total. The van der Waals surface area contributed by atoms with Gasteiger partial charge in [0.25, 0.3) is 0 Å². The fraction of sp³-hybridized carbons (Fsp3) is 0.176. The normalized spacial score (nSPS) is 10.0. The molecule has 0 radical (unpaired) electrons. The van der Waals surface area contributed by atoms with Gasteiger partial charge in [0.2, 0.25) is 5.91 Å². The van der Waals surface area contributed by atoms with Crippen molar-refractivity contribution in [1.82, 2.24) is 0 Å². The van der Waals surface area contributed by atoms with E-state index in [1.165, 1.54) is 6.92 Å². The van der Waals surface area contributed by atoms with Crippen molar-refractivity contribution in [2.24, 2.45) is 0 Å². The predicted molar refractivity (Wildman–Crippen MR) is 84.0 cm³/mol. The van der Waals surface area contributed by atoms with Gasteiger partial charge in [-0.05, 0) is 36.2 Å². The number of hydrogen-bond acceptors (Lipinski definition) is 3. The Hall–Kier alpha value is -2.94. The van der Waals surface area contributed by atoms with Gasteiger partial charge in [-0.1, -0.05) is 12.1 Å². The molecule has 0 heterocycles. The molecule has 0 bridgehead atoms. The zero-order valence-corrected chi connectivity index (χ0v) is 12.5. The van der Waals surface area contributed by atoms with Crippen molar-refractivity contribution < 1.29 is 13.6 Å². The lowest BCUT2D eigenvalue weighted by molar-refractivity contribution is -0.114. The van der Waals surface area contributed by atoms with Crippen molar-refractivity contribution in [3.63, 3.8) is 0 Å². The van der Waals surface area contributed by atoms with Crippen molar-refractivity contribution in [3.05, 3.63) is 59.2 Å². The van der Waals surface area contributed by atoms with Crippen LogP contribution in [0, 0.1) is 23.0 Å². The second-order valence-corrected chi connectivity index (χ2v) is 4.98. The van der Waals surface area contributed by atoms with E-state index in [1.54, 1.807) is 18.2 Å². The summed E-state index contributed by atoms with van der Waals surface area (Å²) in [7, 11) is 0. The molecule has 0 spiro atoms. The Morgan fingerprint density at radius 3 is 2.30 bits per heavy atom.